The highest BCUT2D eigenvalue weighted by Crippen LogP contribution is 2.62. The Balaban J connectivity index is 1.75. The second-order valence-electron chi connectivity index (χ2n) is 8.35. The van der Waals surface area contributed by atoms with E-state index in [-0.39, 0.29) is 17.5 Å². The summed E-state index contributed by atoms with van der Waals surface area (Å²) in [5, 5.41) is 10.5. The van der Waals surface area contributed by atoms with Gasteiger partial charge in [-0.3, -0.25) is 4.79 Å². The van der Waals surface area contributed by atoms with Gasteiger partial charge in [0.1, 0.15) is 11.5 Å². The van der Waals surface area contributed by atoms with E-state index in [0.717, 1.165) is 44.3 Å². The molecule has 4 heteroatoms. The molecule has 4 nitrogen and oxygen atoms in total. The van der Waals surface area contributed by atoms with Crippen molar-refractivity contribution in [3.05, 3.63) is 23.3 Å². The van der Waals surface area contributed by atoms with E-state index < -0.39 is 0 Å². The van der Waals surface area contributed by atoms with Crippen LogP contribution in [0, 0.1) is 17.3 Å². The molecule has 0 radical (unpaired) electrons. The topological polar surface area (TPSA) is 55.8 Å². The second-order valence-corrected chi connectivity index (χ2v) is 8.35. The lowest BCUT2D eigenvalue weighted by atomic mass is 9.55. The Morgan fingerprint density at radius 3 is 2.76 bits per heavy atom. The molecular formula is C21H28O4. The van der Waals surface area contributed by atoms with E-state index in [1.54, 1.807) is 7.11 Å². The molecular weight excluding hydrogens is 316 g/mol. The number of esters is 1. The normalized spacial score (nSPS) is 36.2. The van der Waals surface area contributed by atoms with Crippen molar-refractivity contribution in [2.24, 2.45) is 17.3 Å². The van der Waals surface area contributed by atoms with E-state index in [1.165, 1.54) is 18.1 Å². The van der Waals surface area contributed by atoms with Gasteiger partial charge in [0.05, 0.1) is 13.2 Å². The maximum atomic E-state index is 11.6. The van der Waals surface area contributed by atoms with Gasteiger partial charge >= 0.3 is 5.97 Å². The van der Waals surface area contributed by atoms with Crippen LogP contribution in [0.2, 0.25) is 0 Å². The third-order valence-electron chi connectivity index (χ3n) is 7.20. The van der Waals surface area contributed by atoms with Crippen molar-refractivity contribution >= 4 is 5.97 Å². The fraction of sp³-hybridized carbons (Fsp3) is 0.667. The Labute approximate surface area is 149 Å². The lowest BCUT2D eigenvalue weighted by Gasteiger charge is -2.50. The quantitative estimate of drug-likeness (QED) is 0.654. The number of aliphatic hydroxyl groups is 1. The molecule has 0 aromatic heterocycles. The van der Waals surface area contributed by atoms with E-state index >= 15 is 0 Å². The summed E-state index contributed by atoms with van der Waals surface area (Å²) in [6.45, 7) is 3.74. The third-order valence-corrected chi connectivity index (χ3v) is 7.20. The number of ether oxygens (including phenoxy) is 2. The van der Waals surface area contributed by atoms with Gasteiger partial charge in [0, 0.05) is 18.6 Å². The van der Waals surface area contributed by atoms with Crippen molar-refractivity contribution in [3.63, 3.8) is 0 Å². The lowest BCUT2D eigenvalue weighted by Crippen LogP contribution is -2.44. The molecule has 4 rings (SSSR count). The van der Waals surface area contributed by atoms with Gasteiger partial charge in [0.15, 0.2) is 0 Å². The molecule has 0 spiro atoms. The standard InChI is InChI=1S/C21H28O4/c1-12(22)25-18-11-14(24-3)10-13-4-5-15-16(20(13)18)8-9-21(2)17(15)6-7-19(21)23/h10-11,15-17,19,23H,4-9H2,1-3H3/t15-,16+,17+,19+,21+/m1/s1. The van der Waals surface area contributed by atoms with E-state index in [1.807, 2.05) is 6.07 Å². The molecule has 0 saturated heterocycles. The summed E-state index contributed by atoms with van der Waals surface area (Å²) in [6.07, 6.45) is 6.13. The minimum absolute atomic E-state index is 0.0622. The van der Waals surface area contributed by atoms with Crippen molar-refractivity contribution in [2.75, 3.05) is 7.11 Å². The van der Waals surface area contributed by atoms with E-state index in [2.05, 4.69) is 13.0 Å². The zero-order valence-electron chi connectivity index (χ0n) is 15.4. The van der Waals surface area contributed by atoms with Gasteiger partial charge in [-0.05, 0) is 73.3 Å². The van der Waals surface area contributed by atoms with Gasteiger partial charge in [-0.2, -0.15) is 0 Å². The number of hydrogen-bond donors (Lipinski definition) is 1. The number of carbonyl (C=O) groups is 1. The molecule has 25 heavy (non-hydrogen) atoms. The van der Waals surface area contributed by atoms with Gasteiger partial charge in [-0.25, -0.2) is 0 Å². The predicted molar refractivity (Wildman–Crippen MR) is 94.9 cm³/mol. The van der Waals surface area contributed by atoms with Crippen LogP contribution in [0.3, 0.4) is 0 Å². The lowest BCUT2D eigenvalue weighted by molar-refractivity contribution is -0.132. The zero-order valence-corrected chi connectivity index (χ0v) is 15.4. The first-order valence-corrected chi connectivity index (χ1v) is 9.51. The van der Waals surface area contributed by atoms with Crippen LogP contribution in [0.5, 0.6) is 11.5 Å². The molecule has 0 aliphatic heterocycles. The first kappa shape index (κ1) is 16.9. The Morgan fingerprint density at radius 1 is 1.24 bits per heavy atom. The highest BCUT2D eigenvalue weighted by Gasteiger charge is 2.54. The number of methoxy groups -OCH3 is 1. The van der Waals surface area contributed by atoms with E-state index in [4.69, 9.17) is 9.47 Å². The Bertz CT molecular complexity index is 697. The van der Waals surface area contributed by atoms with E-state index in [0.29, 0.717) is 23.5 Å². The SMILES string of the molecule is COc1cc2c(c(OC(C)=O)c1)[C@H]1CC[C@]3(C)[C@@H](O)CC[C@H]3[C@@H]1CC2. The van der Waals surface area contributed by atoms with Gasteiger partial charge in [0.25, 0.3) is 0 Å². The van der Waals surface area contributed by atoms with Crippen LogP contribution >= 0.6 is 0 Å². The molecule has 0 unspecified atom stereocenters. The molecule has 0 heterocycles. The van der Waals surface area contributed by atoms with Gasteiger partial charge in [-0.1, -0.05) is 6.92 Å². The van der Waals surface area contributed by atoms with E-state index in [9.17, 15) is 9.90 Å². The number of carbonyl (C=O) groups excluding carboxylic acids is 1. The molecule has 3 aliphatic rings. The fourth-order valence-electron chi connectivity index (χ4n) is 5.98. The fourth-order valence-corrected chi connectivity index (χ4v) is 5.98. The molecule has 1 N–H and O–H groups in total. The Morgan fingerprint density at radius 2 is 2.04 bits per heavy atom. The van der Waals surface area contributed by atoms with Crippen molar-refractivity contribution in [1.82, 2.24) is 0 Å². The first-order valence-electron chi connectivity index (χ1n) is 9.51. The average Bonchev–Trinajstić information content (AvgIpc) is 2.89. The summed E-state index contributed by atoms with van der Waals surface area (Å²) in [4.78, 5) is 11.6. The van der Waals surface area contributed by atoms with Gasteiger partial charge in [-0.15, -0.1) is 0 Å². The smallest absolute Gasteiger partial charge is 0.308 e. The van der Waals surface area contributed by atoms with Gasteiger partial charge < -0.3 is 14.6 Å². The van der Waals surface area contributed by atoms with Crippen LogP contribution in [-0.2, 0) is 11.2 Å². The molecule has 0 bridgehead atoms. The summed E-state index contributed by atoms with van der Waals surface area (Å²) in [7, 11) is 1.65. The third kappa shape index (κ3) is 2.57. The summed E-state index contributed by atoms with van der Waals surface area (Å²) in [6, 6.07) is 3.97. The Kier molecular flexibility index (Phi) is 4.06. The molecule has 1 aromatic carbocycles. The van der Waals surface area contributed by atoms with Crippen molar-refractivity contribution in [3.8, 4) is 11.5 Å². The number of rotatable bonds is 2. The molecule has 136 valence electrons. The summed E-state index contributed by atoms with van der Waals surface area (Å²) in [5.74, 6) is 2.72. The highest BCUT2D eigenvalue weighted by molar-refractivity contribution is 5.70. The van der Waals surface area contributed by atoms with Crippen molar-refractivity contribution in [1.29, 1.82) is 0 Å². The first-order chi connectivity index (χ1) is 11.9. The van der Waals surface area contributed by atoms with Crippen LogP contribution < -0.4 is 9.47 Å². The number of benzene rings is 1. The summed E-state index contributed by atoms with van der Waals surface area (Å²) in [5.41, 5.74) is 2.54. The van der Waals surface area contributed by atoms with Crippen LogP contribution in [-0.4, -0.2) is 24.3 Å². The molecule has 0 amide bonds. The maximum absolute atomic E-state index is 11.6. The van der Waals surface area contributed by atoms with Crippen molar-refractivity contribution < 1.29 is 19.4 Å². The Hall–Kier alpha value is -1.55. The monoisotopic (exact) mass is 344 g/mol. The van der Waals surface area contributed by atoms with Gasteiger partial charge in [0.2, 0.25) is 0 Å². The average molecular weight is 344 g/mol. The predicted octanol–water partition coefficient (Wildman–Crippen LogP) is 3.84. The largest absolute Gasteiger partial charge is 0.497 e. The summed E-state index contributed by atoms with van der Waals surface area (Å²) >= 11 is 0. The molecule has 3 aliphatic carbocycles. The number of aliphatic hydroxyl groups excluding tert-OH is 1. The second kappa shape index (κ2) is 6.01. The molecule has 1 aromatic rings. The highest BCUT2D eigenvalue weighted by atomic mass is 16.5. The van der Waals surface area contributed by atoms with Crippen LogP contribution in [0.15, 0.2) is 12.1 Å². The van der Waals surface area contributed by atoms with Crippen LogP contribution in [0.25, 0.3) is 0 Å². The maximum Gasteiger partial charge on any atom is 0.308 e. The molecule has 5 atom stereocenters. The number of aryl methyl sites for hydroxylation is 1. The van der Waals surface area contributed by atoms with Crippen LogP contribution in [0.4, 0.5) is 0 Å². The summed E-state index contributed by atoms with van der Waals surface area (Å²) < 4.78 is 11.0. The molecule has 2 fully saturated rings. The number of hydrogen-bond acceptors (Lipinski definition) is 4. The minimum Gasteiger partial charge on any atom is -0.497 e. The zero-order chi connectivity index (χ0) is 17.8. The van der Waals surface area contributed by atoms with Crippen molar-refractivity contribution in [2.45, 2.75) is 64.4 Å². The number of fused-ring (bicyclic) bond motifs is 5. The van der Waals surface area contributed by atoms with Crippen LogP contribution in [0.1, 0.15) is 63.0 Å². The molecule has 2 saturated carbocycles. The minimum atomic E-state index is -0.283.